The molecule has 3 nitrogen and oxygen atoms in total. The first kappa shape index (κ1) is 16.0. The predicted molar refractivity (Wildman–Crippen MR) is 81.5 cm³/mol. The van der Waals surface area contributed by atoms with Crippen molar-refractivity contribution in [1.82, 2.24) is 5.32 Å². The number of nitrogens with two attached hydrogens (primary N) is 1. The molecule has 1 unspecified atom stereocenters. The summed E-state index contributed by atoms with van der Waals surface area (Å²) in [5, 5.41) is 3.37. The van der Waals surface area contributed by atoms with E-state index >= 15 is 0 Å². The standard InChI is InChI=1S/C16H28N2O/c1-12(2)19-14-8-6-13(7-9-14)15(18-5)10-16(3,4)11-17/h6-9,12,15,18H,10-11,17H2,1-5H3. The highest BCUT2D eigenvalue weighted by Gasteiger charge is 2.22. The van der Waals surface area contributed by atoms with Gasteiger partial charge in [0.25, 0.3) is 0 Å². The minimum absolute atomic E-state index is 0.140. The highest BCUT2D eigenvalue weighted by atomic mass is 16.5. The molecule has 108 valence electrons. The van der Waals surface area contributed by atoms with Crippen LogP contribution in [0.15, 0.2) is 24.3 Å². The zero-order chi connectivity index (χ0) is 14.5. The summed E-state index contributed by atoms with van der Waals surface area (Å²) in [4.78, 5) is 0. The Kier molecular flexibility index (Phi) is 5.83. The topological polar surface area (TPSA) is 47.3 Å². The zero-order valence-corrected chi connectivity index (χ0v) is 12.9. The summed E-state index contributed by atoms with van der Waals surface area (Å²) < 4.78 is 5.66. The maximum atomic E-state index is 5.82. The summed E-state index contributed by atoms with van der Waals surface area (Å²) in [5.41, 5.74) is 7.24. The van der Waals surface area contributed by atoms with Crippen molar-refractivity contribution in [2.45, 2.75) is 46.3 Å². The molecule has 3 heteroatoms. The first-order valence-corrected chi connectivity index (χ1v) is 7.02. The average molecular weight is 264 g/mol. The van der Waals surface area contributed by atoms with E-state index in [-0.39, 0.29) is 11.5 Å². The largest absolute Gasteiger partial charge is 0.491 e. The third-order valence-corrected chi connectivity index (χ3v) is 3.31. The van der Waals surface area contributed by atoms with Crippen LogP contribution in [0.1, 0.15) is 45.7 Å². The second kappa shape index (κ2) is 6.92. The molecule has 1 aromatic rings. The lowest BCUT2D eigenvalue weighted by Gasteiger charge is -2.28. The highest BCUT2D eigenvalue weighted by molar-refractivity contribution is 5.29. The molecule has 0 saturated carbocycles. The molecule has 0 radical (unpaired) electrons. The lowest BCUT2D eigenvalue weighted by atomic mass is 9.83. The van der Waals surface area contributed by atoms with E-state index < -0.39 is 0 Å². The fraction of sp³-hybridized carbons (Fsp3) is 0.625. The van der Waals surface area contributed by atoms with Crippen LogP contribution < -0.4 is 15.8 Å². The van der Waals surface area contributed by atoms with E-state index in [0.29, 0.717) is 12.6 Å². The molecular weight excluding hydrogens is 236 g/mol. The van der Waals surface area contributed by atoms with Crippen LogP contribution >= 0.6 is 0 Å². The number of benzene rings is 1. The molecule has 1 rings (SSSR count). The van der Waals surface area contributed by atoms with Crippen LogP contribution in [0.25, 0.3) is 0 Å². The monoisotopic (exact) mass is 264 g/mol. The Morgan fingerprint density at radius 1 is 1.21 bits per heavy atom. The zero-order valence-electron chi connectivity index (χ0n) is 12.9. The quantitative estimate of drug-likeness (QED) is 0.795. The van der Waals surface area contributed by atoms with Crippen LogP contribution in [-0.2, 0) is 0 Å². The molecule has 0 bridgehead atoms. The summed E-state index contributed by atoms with van der Waals surface area (Å²) in [5.74, 6) is 0.923. The van der Waals surface area contributed by atoms with Crippen LogP contribution in [0, 0.1) is 5.41 Å². The number of hydrogen-bond acceptors (Lipinski definition) is 3. The molecule has 0 amide bonds. The molecule has 1 aromatic carbocycles. The molecule has 0 spiro atoms. The fourth-order valence-electron chi connectivity index (χ4n) is 2.07. The molecule has 3 N–H and O–H groups in total. The van der Waals surface area contributed by atoms with Crippen LogP contribution in [0.2, 0.25) is 0 Å². The Labute approximate surface area is 117 Å². The van der Waals surface area contributed by atoms with E-state index in [1.807, 2.05) is 33.0 Å². The Morgan fingerprint density at radius 3 is 2.21 bits per heavy atom. The lowest BCUT2D eigenvalue weighted by molar-refractivity contribution is 0.242. The third-order valence-electron chi connectivity index (χ3n) is 3.31. The number of ether oxygens (including phenoxy) is 1. The summed E-state index contributed by atoms with van der Waals surface area (Å²) in [6, 6.07) is 8.66. The normalized spacial score (nSPS) is 13.6. The van der Waals surface area contributed by atoms with Gasteiger partial charge in [0.15, 0.2) is 0 Å². The van der Waals surface area contributed by atoms with Gasteiger partial charge in [0, 0.05) is 6.04 Å². The molecule has 1 atom stereocenters. The van der Waals surface area contributed by atoms with Crippen molar-refractivity contribution < 1.29 is 4.74 Å². The number of nitrogens with one attached hydrogen (secondary N) is 1. The Hall–Kier alpha value is -1.06. The summed E-state index contributed by atoms with van der Waals surface area (Å²) in [6.45, 7) is 9.17. The van der Waals surface area contributed by atoms with Crippen molar-refractivity contribution in [3.05, 3.63) is 29.8 Å². The average Bonchev–Trinajstić information content (AvgIpc) is 2.36. The Morgan fingerprint density at radius 2 is 1.79 bits per heavy atom. The maximum absolute atomic E-state index is 5.82. The molecule has 0 aromatic heterocycles. The summed E-state index contributed by atoms with van der Waals surface area (Å²) >= 11 is 0. The molecule has 0 aliphatic rings. The lowest BCUT2D eigenvalue weighted by Crippen LogP contribution is -2.30. The van der Waals surface area contributed by atoms with Crippen molar-refractivity contribution in [3.8, 4) is 5.75 Å². The molecule has 0 saturated heterocycles. The minimum atomic E-state index is 0.140. The first-order valence-electron chi connectivity index (χ1n) is 7.02. The Balaban J connectivity index is 2.76. The molecule has 0 aliphatic carbocycles. The minimum Gasteiger partial charge on any atom is -0.491 e. The molecule has 19 heavy (non-hydrogen) atoms. The van der Waals surface area contributed by atoms with Gasteiger partial charge >= 0.3 is 0 Å². The van der Waals surface area contributed by atoms with E-state index in [1.165, 1.54) is 5.56 Å². The first-order chi connectivity index (χ1) is 8.88. The number of rotatable bonds is 7. The number of hydrogen-bond donors (Lipinski definition) is 2. The highest BCUT2D eigenvalue weighted by Crippen LogP contribution is 2.29. The summed E-state index contributed by atoms with van der Waals surface area (Å²) in [7, 11) is 2.00. The van der Waals surface area contributed by atoms with E-state index in [2.05, 4.69) is 31.3 Å². The molecular formula is C16H28N2O. The second-order valence-electron chi connectivity index (χ2n) is 6.15. The fourth-order valence-corrected chi connectivity index (χ4v) is 2.07. The van der Waals surface area contributed by atoms with Crippen molar-refractivity contribution in [2.24, 2.45) is 11.1 Å². The third kappa shape index (κ3) is 5.21. The maximum Gasteiger partial charge on any atom is 0.119 e. The summed E-state index contributed by atoms with van der Waals surface area (Å²) in [6.07, 6.45) is 1.23. The van der Waals surface area contributed by atoms with Crippen LogP contribution in [-0.4, -0.2) is 19.7 Å². The van der Waals surface area contributed by atoms with Gasteiger partial charge in [-0.2, -0.15) is 0 Å². The van der Waals surface area contributed by atoms with Crippen molar-refractivity contribution in [1.29, 1.82) is 0 Å². The molecule has 0 aliphatic heterocycles. The predicted octanol–water partition coefficient (Wildman–Crippen LogP) is 3.11. The van der Waals surface area contributed by atoms with E-state index in [9.17, 15) is 0 Å². The van der Waals surface area contributed by atoms with Gasteiger partial charge in [-0.3, -0.25) is 0 Å². The molecule has 0 fully saturated rings. The smallest absolute Gasteiger partial charge is 0.119 e. The van der Waals surface area contributed by atoms with Gasteiger partial charge in [-0.1, -0.05) is 26.0 Å². The van der Waals surface area contributed by atoms with Gasteiger partial charge in [-0.25, -0.2) is 0 Å². The van der Waals surface area contributed by atoms with E-state index in [0.717, 1.165) is 12.2 Å². The van der Waals surface area contributed by atoms with Gasteiger partial charge in [0.05, 0.1) is 6.10 Å². The molecule has 0 heterocycles. The second-order valence-corrected chi connectivity index (χ2v) is 6.15. The van der Waals surface area contributed by atoms with Gasteiger partial charge in [-0.05, 0) is 57.0 Å². The van der Waals surface area contributed by atoms with E-state index in [1.54, 1.807) is 0 Å². The van der Waals surface area contributed by atoms with Gasteiger partial charge < -0.3 is 15.8 Å². The van der Waals surface area contributed by atoms with Crippen molar-refractivity contribution in [3.63, 3.8) is 0 Å². The van der Waals surface area contributed by atoms with Gasteiger partial charge in [-0.15, -0.1) is 0 Å². The van der Waals surface area contributed by atoms with Crippen LogP contribution in [0.4, 0.5) is 0 Å². The van der Waals surface area contributed by atoms with Gasteiger partial charge in [0.1, 0.15) is 5.75 Å². The van der Waals surface area contributed by atoms with Gasteiger partial charge in [0.2, 0.25) is 0 Å². The Bertz CT molecular complexity index is 371. The van der Waals surface area contributed by atoms with Crippen molar-refractivity contribution in [2.75, 3.05) is 13.6 Å². The van der Waals surface area contributed by atoms with Crippen molar-refractivity contribution >= 4 is 0 Å². The SMILES string of the molecule is CNC(CC(C)(C)CN)c1ccc(OC(C)C)cc1. The van der Waals surface area contributed by atoms with E-state index in [4.69, 9.17) is 10.5 Å². The van der Waals surface area contributed by atoms with Crippen LogP contribution in [0.3, 0.4) is 0 Å². The van der Waals surface area contributed by atoms with Crippen LogP contribution in [0.5, 0.6) is 5.75 Å².